The van der Waals surface area contributed by atoms with Crippen molar-refractivity contribution in [3.05, 3.63) is 27.2 Å². The summed E-state index contributed by atoms with van der Waals surface area (Å²) in [4.78, 5) is 11.6. The first-order chi connectivity index (χ1) is 7.90. The van der Waals surface area contributed by atoms with Crippen LogP contribution in [0.1, 0.15) is 13.8 Å². The third kappa shape index (κ3) is 4.72. The van der Waals surface area contributed by atoms with Crippen LogP contribution in [-0.2, 0) is 4.79 Å². The van der Waals surface area contributed by atoms with E-state index in [4.69, 9.17) is 34.8 Å². The summed E-state index contributed by atoms with van der Waals surface area (Å²) in [6, 6.07) is 3.29. The molecule has 17 heavy (non-hydrogen) atoms. The van der Waals surface area contributed by atoms with Gasteiger partial charge in [-0.25, -0.2) is 0 Å². The van der Waals surface area contributed by atoms with E-state index in [9.17, 15) is 4.79 Å². The smallest absolute Gasteiger partial charge is 0.238 e. The monoisotopic (exact) mass is 294 g/mol. The average molecular weight is 296 g/mol. The molecule has 0 spiro atoms. The molecule has 2 N–H and O–H groups in total. The van der Waals surface area contributed by atoms with Gasteiger partial charge < -0.3 is 10.6 Å². The zero-order valence-corrected chi connectivity index (χ0v) is 11.7. The number of amides is 1. The van der Waals surface area contributed by atoms with Gasteiger partial charge in [-0.15, -0.1) is 0 Å². The molecule has 0 radical (unpaired) electrons. The minimum atomic E-state index is -0.204. The lowest BCUT2D eigenvalue weighted by atomic mass is 10.3. The molecule has 0 unspecified atom stereocenters. The van der Waals surface area contributed by atoms with E-state index in [1.165, 1.54) is 12.1 Å². The molecular weight excluding hydrogens is 282 g/mol. The number of benzene rings is 1. The molecule has 0 saturated carbocycles. The number of hydrogen-bond donors (Lipinski definition) is 2. The quantitative estimate of drug-likeness (QED) is 0.891. The number of nitrogens with one attached hydrogen (secondary N) is 2. The Labute approximate surface area is 115 Å². The molecule has 6 heteroatoms. The first-order valence-corrected chi connectivity index (χ1v) is 6.21. The molecule has 0 aliphatic rings. The van der Waals surface area contributed by atoms with Crippen LogP contribution in [0.3, 0.4) is 0 Å². The summed E-state index contributed by atoms with van der Waals surface area (Å²) in [6.07, 6.45) is 0. The average Bonchev–Trinajstić information content (AvgIpc) is 2.20. The van der Waals surface area contributed by atoms with Gasteiger partial charge in [-0.05, 0) is 12.1 Å². The highest BCUT2D eigenvalue weighted by atomic mass is 35.5. The van der Waals surface area contributed by atoms with Crippen LogP contribution in [0.2, 0.25) is 15.1 Å². The number of anilines is 1. The molecule has 0 fully saturated rings. The van der Waals surface area contributed by atoms with Gasteiger partial charge in [0.05, 0.1) is 22.3 Å². The Bertz CT molecular complexity index is 398. The first-order valence-electron chi connectivity index (χ1n) is 5.08. The summed E-state index contributed by atoms with van der Waals surface area (Å²) in [5.41, 5.74) is 0.383. The molecule has 3 nitrogen and oxygen atoms in total. The topological polar surface area (TPSA) is 41.1 Å². The maximum Gasteiger partial charge on any atom is 0.238 e. The Kier molecular flexibility index (Phi) is 5.53. The third-order valence-corrected chi connectivity index (χ3v) is 2.76. The second-order valence-electron chi connectivity index (χ2n) is 3.83. The van der Waals surface area contributed by atoms with Crippen molar-refractivity contribution in [2.45, 2.75) is 19.9 Å². The van der Waals surface area contributed by atoms with Crippen molar-refractivity contribution in [3.8, 4) is 0 Å². The van der Waals surface area contributed by atoms with Crippen LogP contribution in [0.15, 0.2) is 12.1 Å². The Morgan fingerprint density at radius 2 is 1.76 bits per heavy atom. The molecule has 0 aliphatic carbocycles. The number of hydrogen-bond acceptors (Lipinski definition) is 2. The van der Waals surface area contributed by atoms with Crippen molar-refractivity contribution < 1.29 is 4.79 Å². The lowest BCUT2D eigenvalue weighted by Crippen LogP contribution is -2.32. The van der Waals surface area contributed by atoms with Gasteiger partial charge in [-0.3, -0.25) is 4.79 Å². The van der Waals surface area contributed by atoms with Crippen molar-refractivity contribution in [2.24, 2.45) is 0 Å². The molecular formula is C11H13Cl3N2O. The van der Waals surface area contributed by atoms with Crippen molar-refractivity contribution >= 4 is 46.4 Å². The van der Waals surface area contributed by atoms with Crippen molar-refractivity contribution in [2.75, 3.05) is 11.9 Å². The molecule has 0 aromatic heterocycles. The number of carbonyl (C=O) groups is 1. The summed E-state index contributed by atoms with van der Waals surface area (Å²) in [7, 11) is 0. The van der Waals surface area contributed by atoms with Crippen molar-refractivity contribution in [1.29, 1.82) is 0 Å². The normalized spacial score (nSPS) is 10.7. The largest absolute Gasteiger partial charge is 0.322 e. The second-order valence-corrected chi connectivity index (χ2v) is 5.08. The number of carbonyl (C=O) groups excluding carboxylic acids is 1. The van der Waals surface area contributed by atoms with Gasteiger partial charge in [0.2, 0.25) is 5.91 Å². The molecule has 1 rings (SSSR count). The van der Waals surface area contributed by atoms with Crippen LogP contribution >= 0.6 is 34.8 Å². The lowest BCUT2D eigenvalue weighted by molar-refractivity contribution is -0.115. The van der Waals surface area contributed by atoms with E-state index in [1.807, 2.05) is 13.8 Å². The van der Waals surface area contributed by atoms with E-state index in [0.717, 1.165) is 0 Å². The van der Waals surface area contributed by atoms with E-state index in [2.05, 4.69) is 10.6 Å². The summed E-state index contributed by atoms with van der Waals surface area (Å²) < 4.78 is 0. The molecule has 0 saturated heterocycles. The third-order valence-electron chi connectivity index (χ3n) is 1.94. The Morgan fingerprint density at radius 1 is 1.24 bits per heavy atom. The molecule has 1 aromatic carbocycles. The Balaban J connectivity index is 2.72. The van der Waals surface area contributed by atoms with Crippen molar-refractivity contribution in [1.82, 2.24) is 5.32 Å². The number of rotatable bonds is 4. The maximum atomic E-state index is 11.6. The molecule has 1 amide bonds. The van der Waals surface area contributed by atoms with E-state index in [1.54, 1.807) is 0 Å². The highest BCUT2D eigenvalue weighted by Gasteiger charge is 2.11. The Hall–Kier alpha value is -0.480. The number of halogens is 3. The summed E-state index contributed by atoms with van der Waals surface area (Å²) in [6.45, 7) is 4.11. The van der Waals surface area contributed by atoms with Gasteiger partial charge in [0.15, 0.2) is 0 Å². The predicted molar refractivity (Wildman–Crippen MR) is 73.2 cm³/mol. The molecule has 0 heterocycles. The Morgan fingerprint density at radius 3 is 2.24 bits per heavy atom. The van der Waals surface area contributed by atoms with Gasteiger partial charge in [0.1, 0.15) is 0 Å². The standard InChI is InChI=1S/C11H13Cl3N2O/c1-6(2)15-5-10(17)16-11-8(13)3-7(12)4-9(11)14/h3-4,6,15H,5H2,1-2H3,(H,16,17). The predicted octanol–water partition coefficient (Wildman–Crippen LogP) is 3.58. The molecule has 94 valence electrons. The van der Waals surface area contributed by atoms with Crippen LogP contribution in [0.25, 0.3) is 0 Å². The highest BCUT2D eigenvalue weighted by molar-refractivity contribution is 6.42. The maximum absolute atomic E-state index is 11.6. The lowest BCUT2D eigenvalue weighted by Gasteiger charge is -2.11. The zero-order valence-electron chi connectivity index (χ0n) is 9.48. The minimum Gasteiger partial charge on any atom is -0.322 e. The van der Waals surface area contributed by atoms with Gasteiger partial charge in [-0.2, -0.15) is 0 Å². The summed E-state index contributed by atoms with van der Waals surface area (Å²) in [5.74, 6) is -0.204. The SMILES string of the molecule is CC(C)NCC(=O)Nc1c(Cl)cc(Cl)cc1Cl. The van der Waals surface area contributed by atoms with Gasteiger partial charge in [-0.1, -0.05) is 48.7 Å². The van der Waals surface area contributed by atoms with Crippen LogP contribution in [0, 0.1) is 0 Å². The minimum absolute atomic E-state index is 0.201. The van der Waals surface area contributed by atoms with Crippen LogP contribution < -0.4 is 10.6 Å². The van der Waals surface area contributed by atoms with E-state index < -0.39 is 0 Å². The first kappa shape index (κ1) is 14.6. The van der Waals surface area contributed by atoms with Crippen LogP contribution in [-0.4, -0.2) is 18.5 Å². The fourth-order valence-corrected chi connectivity index (χ4v) is 2.05. The molecule has 0 atom stereocenters. The van der Waals surface area contributed by atoms with Gasteiger partial charge in [0, 0.05) is 11.1 Å². The van der Waals surface area contributed by atoms with Gasteiger partial charge in [0.25, 0.3) is 0 Å². The molecule has 0 aliphatic heterocycles. The highest BCUT2D eigenvalue weighted by Crippen LogP contribution is 2.33. The van der Waals surface area contributed by atoms with Crippen LogP contribution in [0.5, 0.6) is 0 Å². The zero-order chi connectivity index (χ0) is 13.0. The van der Waals surface area contributed by atoms with E-state index >= 15 is 0 Å². The van der Waals surface area contributed by atoms with Gasteiger partial charge >= 0.3 is 0 Å². The summed E-state index contributed by atoms with van der Waals surface area (Å²) in [5, 5.41) is 6.70. The second kappa shape index (κ2) is 6.45. The molecule has 0 bridgehead atoms. The van der Waals surface area contributed by atoms with E-state index in [0.29, 0.717) is 20.8 Å². The fourth-order valence-electron chi connectivity index (χ4n) is 1.14. The van der Waals surface area contributed by atoms with E-state index in [-0.39, 0.29) is 18.5 Å². The fraction of sp³-hybridized carbons (Fsp3) is 0.364. The molecule has 1 aromatic rings. The summed E-state index contributed by atoms with van der Waals surface area (Å²) >= 11 is 17.6. The van der Waals surface area contributed by atoms with Crippen molar-refractivity contribution in [3.63, 3.8) is 0 Å². The van der Waals surface area contributed by atoms with Crippen LogP contribution in [0.4, 0.5) is 5.69 Å².